The Morgan fingerprint density at radius 3 is 2.53 bits per heavy atom. The van der Waals surface area contributed by atoms with E-state index in [4.69, 9.17) is 4.74 Å². The number of methoxy groups -OCH3 is 1. The minimum absolute atomic E-state index is 0.0598. The van der Waals surface area contributed by atoms with Gasteiger partial charge in [0, 0.05) is 6.07 Å². The average molecular weight is 261 g/mol. The molecule has 0 aliphatic carbocycles. The predicted molar refractivity (Wildman–Crippen MR) is 59.3 cm³/mol. The Kier molecular flexibility index (Phi) is 4.02. The van der Waals surface area contributed by atoms with Crippen molar-refractivity contribution in [2.75, 3.05) is 13.4 Å². The highest BCUT2D eigenvalue weighted by Crippen LogP contribution is 2.27. The number of nitrogens with zero attached hydrogens (tertiary/aromatic N) is 1. The van der Waals surface area contributed by atoms with Crippen molar-refractivity contribution in [3.05, 3.63) is 33.9 Å². The summed E-state index contributed by atoms with van der Waals surface area (Å²) in [6, 6.07) is 4.01. The maximum atomic E-state index is 10.8. The average Bonchev–Trinajstić information content (AvgIpc) is 2.24. The van der Waals surface area contributed by atoms with E-state index in [-0.39, 0.29) is 18.0 Å². The summed E-state index contributed by atoms with van der Waals surface area (Å²) in [7, 11) is -2.25. The fourth-order valence-corrected chi connectivity index (χ4v) is 1.49. The van der Waals surface area contributed by atoms with Crippen LogP contribution in [0.1, 0.15) is 5.56 Å². The van der Waals surface area contributed by atoms with Crippen LogP contribution in [0.15, 0.2) is 18.2 Å². The highest BCUT2D eigenvalue weighted by Gasteiger charge is 2.15. The van der Waals surface area contributed by atoms with E-state index in [9.17, 15) is 18.5 Å². The van der Waals surface area contributed by atoms with E-state index < -0.39 is 15.0 Å². The Labute approximate surface area is 98.2 Å². The van der Waals surface area contributed by atoms with Crippen molar-refractivity contribution in [3.8, 4) is 5.75 Å². The molecular formula is C9H11NO6S. The number of nitro groups is 1. The van der Waals surface area contributed by atoms with Crippen LogP contribution in [-0.4, -0.2) is 26.7 Å². The lowest BCUT2D eigenvalue weighted by molar-refractivity contribution is -0.385. The Bertz CT molecular complexity index is 524. The molecular weight excluding hydrogens is 250 g/mol. The van der Waals surface area contributed by atoms with Crippen LogP contribution >= 0.6 is 0 Å². The molecule has 0 saturated heterocycles. The molecule has 0 aromatic heterocycles. The minimum Gasteiger partial charge on any atom is -0.490 e. The molecule has 0 radical (unpaired) electrons. The molecule has 94 valence electrons. The quantitative estimate of drug-likeness (QED) is 0.447. The van der Waals surface area contributed by atoms with Crippen LogP contribution in [0, 0.1) is 10.1 Å². The Hall–Kier alpha value is -1.67. The second-order valence-corrected chi connectivity index (χ2v) is 4.87. The number of nitro benzene ring substituents is 1. The molecule has 0 amide bonds. The number of benzene rings is 1. The van der Waals surface area contributed by atoms with Crippen LogP contribution in [0.3, 0.4) is 0 Å². The predicted octanol–water partition coefficient (Wildman–Crippen LogP) is 1.08. The maximum absolute atomic E-state index is 10.8. The van der Waals surface area contributed by atoms with Crippen molar-refractivity contribution in [3.63, 3.8) is 0 Å². The lowest BCUT2D eigenvalue weighted by Gasteiger charge is -2.05. The van der Waals surface area contributed by atoms with Crippen LogP contribution in [0.2, 0.25) is 0 Å². The molecule has 1 aromatic carbocycles. The van der Waals surface area contributed by atoms with Gasteiger partial charge >= 0.3 is 5.69 Å². The van der Waals surface area contributed by atoms with Gasteiger partial charge in [-0.1, -0.05) is 0 Å². The number of ether oxygens (including phenoxy) is 1. The van der Waals surface area contributed by atoms with Gasteiger partial charge in [-0.2, -0.15) is 8.42 Å². The number of hydrogen-bond donors (Lipinski definition) is 0. The molecule has 0 aliphatic rings. The topological polar surface area (TPSA) is 95.7 Å². The normalized spacial score (nSPS) is 11.2. The first-order valence-electron chi connectivity index (χ1n) is 4.49. The number of rotatable bonds is 5. The molecule has 8 heteroatoms. The molecule has 0 saturated carbocycles. The Morgan fingerprint density at radius 2 is 2.06 bits per heavy atom. The van der Waals surface area contributed by atoms with E-state index in [1.165, 1.54) is 25.3 Å². The Morgan fingerprint density at radius 1 is 1.41 bits per heavy atom. The summed E-state index contributed by atoms with van der Waals surface area (Å²) >= 11 is 0. The molecule has 7 nitrogen and oxygen atoms in total. The van der Waals surface area contributed by atoms with Gasteiger partial charge in [0.15, 0.2) is 5.75 Å². The molecule has 1 rings (SSSR count). The van der Waals surface area contributed by atoms with Crippen molar-refractivity contribution >= 4 is 15.8 Å². The molecule has 0 fully saturated rings. The maximum Gasteiger partial charge on any atom is 0.310 e. The summed E-state index contributed by atoms with van der Waals surface area (Å²) in [5.74, 6) is 0.0598. The van der Waals surface area contributed by atoms with E-state index in [1.807, 2.05) is 0 Å². The highest BCUT2D eigenvalue weighted by molar-refractivity contribution is 7.85. The van der Waals surface area contributed by atoms with Gasteiger partial charge in [-0.15, -0.1) is 0 Å². The standard InChI is InChI=1S/C9H11NO6S/c1-15-9-5-7(6-16-17(2,13)14)3-4-8(9)10(11)12/h3-5H,6H2,1-2H3. The summed E-state index contributed by atoms with van der Waals surface area (Å²) in [5, 5.41) is 10.6. The van der Waals surface area contributed by atoms with Gasteiger partial charge in [-0.3, -0.25) is 14.3 Å². The van der Waals surface area contributed by atoms with Gasteiger partial charge in [0.25, 0.3) is 10.1 Å². The molecule has 1 aromatic rings. The SMILES string of the molecule is COc1cc(COS(C)(=O)=O)ccc1[N+](=O)[O-]. The zero-order valence-electron chi connectivity index (χ0n) is 9.24. The van der Waals surface area contributed by atoms with Crippen LogP contribution in [0.4, 0.5) is 5.69 Å². The van der Waals surface area contributed by atoms with E-state index >= 15 is 0 Å². The van der Waals surface area contributed by atoms with Gasteiger partial charge in [-0.05, 0) is 17.7 Å². The Balaban J connectivity index is 2.94. The van der Waals surface area contributed by atoms with Crippen LogP contribution in [0.5, 0.6) is 5.75 Å². The first-order valence-corrected chi connectivity index (χ1v) is 6.31. The third-order valence-corrected chi connectivity index (χ3v) is 2.43. The van der Waals surface area contributed by atoms with E-state index in [1.54, 1.807) is 0 Å². The number of hydrogen-bond acceptors (Lipinski definition) is 6. The van der Waals surface area contributed by atoms with Gasteiger partial charge in [0.2, 0.25) is 0 Å². The fourth-order valence-electron chi connectivity index (χ4n) is 1.14. The van der Waals surface area contributed by atoms with Crippen molar-refractivity contribution in [1.82, 2.24) is 0 Å². The molecule has 0 heterocycles. The largest absolute Gasteiger partial charge is 0.490 e. The molecule has 0 atom stereocenters. The summed E-state index contributed by atoms with van der Waals surface area (Å²) < 4.78 is 30.9. The van der Waals surface area contributed by atoms with Gasteiger partial charge in [0.05, 0.1) is 24.9 Å². The smallest absolute Gasteiger partial charge is 0.310 e. The third-order valence-electron chi connectivity index (χ3n) is 1.88. The second kappa shape index (κ2) is 5.11. The molecule has 0 N–H and O–H groups in total. The summed E-state index contributed by atoms with van der Waals surface area (Å²) in [6.07, 6.45) is 0.926. The fraction of sp³-hybridized carbons (Fsp3) is 0.333. The van der Waals surface area contributed by atoms with Gasteiger partial charge in [0.1, 0.15) is 0 Å². The van der Waals surface area contributed by atoms with Crippen molar-refractivity contribution in [2.24, 2.45) is 0 Å². The third kappa shape index (κ3) is 4.00. The van der Waals surface area contributed by atoms with E-state index in [2.05, 4.69) is 4.18 Å². The first kappa shape index (κ1) is 13.4. The van der Waals surface area contributed by atoms with Crippen molar-refractivity contribution < 1.29 is 22.3 Å². The second-order valence-electron chi connectivity index (χ2n) is 3.23. The van der Waals surface area contributed by atoms with Crippen molar-refractivity contribution in [2.45, 2.75) is 6.61 Å². The molecule has 0 aliphatic heterocycles. The molecule has 17 heavy (non-hydrogen) atoms. The minimum atomic E-state index is -3.54. The van der Waals surface area contributed by atoms with Crippen molar-refractivity contribution in [1.29, 1.82) is 0 Å². The molecule has 0 unspecified atom stereocenters. The summed E-state index contributed by atoms with van der Waals surface area (Å²) in [4.78, 5) is 10.0. The zero-order chi connectivity index (χ0) is 13.1. The highest BCUT2D eigenvalue weighted by atomic mass is 32.2. The monoisotopic (exact) mass is 261 g/mol. The van der Waals surface area contributed by atoms with Crippen LogP contribution in [0.25, 0.3) is 0 Å². The lowest BCUT2D eigenvalue weighted by atomic mass is 10.2. The lowest BCUT2D eigenvalue weighted by Crippen LogP contribution is -2.03. The van der Waals surface area contributed by atoms with Gasteiger partial charge in [-0.25, -0.2) is 0 Å². The van der Waals surface area contributed by atoms with E-state index in [0.717, 1.165) is 6.26 Å². The molecule has 0 bridgehead atoms. The molecule has 0 spiro atoms. The summed E-state index contributed by atoms with van der Waals surface area (Å²) in [5.41, 5.74) is 0.286. The van der Waals surface area contributed by atoms with Crippen LogP contribution < -0.4 is 4.74 Å². The van der Waals surface area contributed by atoms with Crippen LogP contribution in [-0.2, 0) is 20.9 Å². The summed E-state index contributed by atoms with van der Waals surface area (Å²) in [6.45, 7) is -0.187. The zero-order valence-corrected chi connectivity index (χ0v) is 10.1. The first-order chi connectivity index (χ1) is 7.83. The van der Waals surface area contributed by atoms with Gasteiger partial charge < -0.3 is 4.74 Å². The van der Waals surface area contributed by atoms with E-state index in [0.29, 0.717) is 5.56 Å².